The predicted octanol–water partition coefficient (Wildman–Crippen LogP) is 4.41. The first-order chi connectivity index (χ1) is 10.3. The fourth-order valence-corrected chi connectivity index (χ4v) is 2.75. The van der Waals surface area contributed by atoms with Crippen molar-refractivity contribution in [3.05, 3.63) is 78.5 Å². The van der Waals surface area contributed by atoms with E-state index >= 15 is 0 Å². The van der Waals surface area contributed by atoms with E-state index in [9.17, 15) is 0 Å². The molecule has 0 bridgehead atoms. The molecular formula is C20H20N+. The summed E-state index contributed by atoms with van der Waals surface area (Å²) in [7, 11) is 2.10. The van der Waals surface area contributed by atoms with Gasteiger partial charge in [-0.25, -0.2) is 4.57 Å². The van der Waals surface area contributed by atoms with Gasteiger partial charge in [-0.15, -0.1) is 0 Å². The Kier molecular flexibility index (Phi) is 3.83. The van der Waals surface area contributed by atoms with E-state index in [-0.39, 0.29) is 0 Å². The summed E-state index contributed by atoms with van der Waals surface area (Å²) in [6.45, 7) is 2.22. The first-order valence-corrected chi connectivity index (χ1v) is 7.43. The van der Waals surface area contributed by atoms with Crippen molar-refractivity contribution in [2.45, 2.75) is 13.3 Å². The molecule has 3 aromatic rings. The smallest absolute Gasteiger partial charge is 0.201 e. The number of aromatic nitrogens is 1. The maximum absolute atomic E-state index is 2.32. The molecule has 0 saturated heterocycles. The number of hydrogen-bond donors (Lipinski definition) is 0. The lowest BCUT2D eigenvalue weighted by Crippen LogP contribution is -2.30. The maximum atomic E-state index is 2.32. The van der Waals surface area contributed by atoms with Gasteiger partial charge in [-0.05, 0) is 35.2 Å². The molecule has 104 valence electrons. The highest BCUT2D eigenvalue weighted by Gasteiger charge is 2.13. The minimum Gasteiger partial charge on any atom is -0.201 e. The molecule has 0 unspecified atom stereocenters. The highest BCUT2D eigenvalue weighted by atomic mass is 14.9. The summed E-state index contributed by atoms with van der Waals surface area (Å²) in [6, 6.07) is 23.7. The fraction of sp³-hybridized carbons (Fsp3) is 0.150. The van der Waals surface area contributed by atoms with Crippen LogP contribution in [-0.4, -0.2) is 0 Å². The van der Waals surface area contributed by atoms with Gasteiger partial charge in [0.1, 0.15) is 7.05 Å². The molecule has 0 fully saturated rings. The van der Waals surface area contributed by atoms with Gasteiger partial charge in [0.05, 0.1) is 0 Å². The molecule has 0 amide bonds. The molecule has 1 heteroatoms. The van der Waals surface area contributed by atoms with Crippen LogP contribution in [-0.2, 0) is 13.5 Å². The summed E-state index contributed by atoms with van der Waals surface area (Å²) < 4.78 is 2.18. The second-order valence-electron chi connectivity index (χ2n) is 5.29. The van der Waals surface area contributed by atoms with Gasteiger partial charge in [-0.1, -0.05) is 49.4 Å². The summed E-state index contributed by atoms with van der Waals surface area (Å²) in [5.41, 5.74) is 6.53. The number of benzene rings is 2. The third-order valence-corrected chi connectivity index (χ3v) is 3.92. The number of pyridine rings is 1. The third kappa shape index (κ3) is 2.73. The molecule has 2 aromatic carbocycles. The van der Waals surface area contributed by atoms with Crippen LogP contribution in [0.2, 0.25) is 0 Å². The Hall–Kier alpha value is -2.41. The van der Waals surface area contributed by atoms with Crippen molar-refractivity contribution in [3.8, 4) is 22.4 Å². The van der Waals surface area contributed by atoms with Crippen LogP contribution < -0.4 is 4.57 Å². The maximum Gasteiger partial charge on any atom is 0.212 e. The van der Waals surface area contributed by atoms with Crippen molar-refractivity contribution in [2.24, 2.45) is 7.05 Å². The monoisotopic (exact) mass is 274 g/mol. The topological polar surface area (TPSA) is 3.88 Å². The average Bonchev–Trinajstić information content (AvgIpc) is 2.56. The lowest BCUT2D eigenvalue weighted by molar-refractivity contribution is -0.660. The fourth-order valence-electron chi connectivity index (χ4n) is 2.75. The molecule has 0 spiro atoms. The van der Waals surface area contributed by atoms with E-state index in [0.717, 1.165) is 6.42 Å². The van der Waals surface area contributed by atoms with Crippen molar-refractivity contribution in [2.75, 3.05) is 0 Å². The number of nitrogens with zero attached hydrogens (tertiary/aromatic N) is 1. The highest BCUT2D eigenvalue weighted by Crippen LogP contribution is 2.27. The van der Waals surface area contributed by atoms with Crippen LogP contribution in [0.4, 0.5) is 0 Å². The van der Waals surface area contributed by atoms with E-state index in [1.54, 1.807) is 0 Å². The molecule has 0 aliphatic rings. The van der Waals surface area contributed by atoms with E-state index < -0.39 is 0 Å². The molecule has 0 N–H and O–H groups in total. The highest BCUT2D eigenvalue weighted by molar-refractivity contribution is 5.71. The lowest BCUT2D eigenvalue weighted by atomic mass is 9.96. The Morgan fingerprint density at radius 1 is 0.810 bits per heavy atom. The summed E-state index contributed by atoms with van der Waals surface area (Å²) in [6.07, 6.45) is 3.13. The molecule has 0 atom stereocenters. The van der Waals surface area contributed by atoms with Crippen LogP contribution in [0.15, 0.2) is 72.9 Å². The van der Waals surface area contributed by atoms with Gasteiger partial charge in [-0.3, -0.25) is 0 Å². The van der Waals surface area contributed by atoms with Crippen molar-refractivity contribution in [1.82, 2.24) is 0 Å². The van der Waals surface area contributed by atoms with Gasteiger partial charge >= 0.3 is 0 Å². The summed E-state index contributed by atoms with van der Waals surface area (Å²) in [5.74, 6) is 0. The van der Waals surface area contributed by atoms with Crippen molar-refractivity contribution >= 4 is 0 Å². The van der Waals surface area contributed by atoms with Gasteiger partial charge < -0.3 is 0 Å². The van der Waals surface area contributed by atoms with Gasteiger partial charge in [0.2, 0.25) is 5.69 Å². The zero-order chi connectivity index (χ0) is 14.7. The van der Waals surface area contributed by atoms with E-state index in [2.05, 4.69) is 91.5 Å². The minimum atomic E-state index is 1.03. The summed E-state index contributed by atoms with van der Waals surface area (Å²) in [4.78, 5) is 0. The van der Waals surface area contributed by atoms with Crippen LogP contribution in [0.25, 0.3) is 22.4 Å². The van der Waals surface area contributed by atoms with Crippen molar-refractivity contribution in [3.63, 3.8) is 0 Å². The van der Waals surface area contributed by atoms with E-state index in [1.165, 1.54) is 27.9 Å². The molecule has 3 rings (SSSR count). The van der Waals surface area contributed by atoms with Crippen LogP contribution in [0.1, 0.15) is 12.5 Å². The summed E-state index contributed by atoms with van der Waals surface area (Å²) in [5, 5.41) is 0. The first kappa shape index (κ1) is 13.6. The third-order valence-electron chi connectivity index (χ3n) is 3.92. The van der Waals surface area contributed by atoms with E-state index in [1.807, 2.05) is 0 Å². The number of hydrogen-bond acceptors (Lipinski definition) is 0. The van der Waals surface area contributed by atoms with Crippen LogP contribution in [0, 0.1) is 0 Å². The standard InChI is InChI=1S/C20H20N/c1-3-16-15-18(17-9-5-4-6-10-17)12-13-19(16)20-11-7-8-14-21(20)2/h4-15H,3H2,1-2H3/q+1. The Morgan fingerprint density at radius 2 is 1.57 bits per heavy atom. The largest absolute Gasteiger partial charge is 0.212 e. The van der Waals surface area contributed by atoms with Gasteiger partial charge in [0.25, 0.3) is 0 Å². The quantitative estimate of drug-likeness (QED) is 0.623. The van der Waals surface area contributed by atoms with Crippen LogP contribution in [0.3, 0.4) is 0 Å². The second-order valence-corrected chi connectivity index (χ2v) is 5.29. The molecule has 0 radical (unpaired) electrons. The summed E-state index contributed by atoms with van der Waals surface area (Å²) >= 11 is 0. The van der Waals surface area contributed by atoms with E-state index in [4.69, 9.17) is 0 Å². The Balaban J connectivity index is 2.11. The average molecular weight is 274 g/mol. The molecule has 1 aromatic heterocycles. The molecule has 1 heterocycles. The van der Waals surface area contributed by atoms with Crippen molar-refractivity contribution in [1.29, 1.82) is 0 Å². The van der Waals surface area contributed by atoms with Gasteiger partial charge in [0.15, 0.2) is 6.20 Å². The number of rotatable bonds is 3. The lowest BCUT2D eigenvalue weighted by Gasteiger charge is -2.09. The van der Waals surface area contributed by atoms with E-state index in [0.29, 0.717) is 0 Å². The van der Waals surface area contributed by atoms with Crippen LogP contribution >= 0.6 is 0 Å². The zero-order valence-electron chi connectivity index (χ0n) is 12.6. The molecule has 0 aliphatic heterocycles. The normalized spacial score (nSPS) is 10.6. The van der Waals surface area contributed by atoms with Gasteiger partial charge in [-0.2, -0.15) is 0 Å². The zero-order valence-corrected chi connectivity index (χ0v) is 12.6. The first-order valence-electron chi connectivity index (χ1n) is 7.43. The SMILES string of the molecule is CCc1cc(-c2ccccc2)ccc1-c1cccc[n+]1C. The predicted molar refractivity (Wildman–Crippen MR) is 87.9 cm³/mol. The number of aryl methyl sites for hydroxylation is 2. The Bertz CT molecular complexity index is 745. The molecular weight excluding hydrogens is 254 g/mol. The van der Waals surface area contributed by atoms with Crippen LogP contribution in [0.5, 0.6) is 0 Å². The van der Waals surface area contributed by atoms with Gasteiger partial charge in [0, 0.05) is 17.7 Å². The minimum absolute atomic E-state index is 1.03. The second kappa shape index (κ2) is 5.92. The molecule has 0 saturated carbocycles. The molecule has 1 nitrogen and oxygen atoms in total. The molecule has 21 heavy (non-hydrogen) atoms. The molecule has 0 aliphatic carbocycles. The Morgan fingerprint density at radius 3 is 2.29 bits per heavy atom. The Labute approximate surface area is 126 Å². The van der Waals surface area contributed by atoms with Crippen molar-refractivity contribution < 1.29 is 4.57 Å².